The van der Waals surface area contributed by atoms with Crippen molar-refractivity contribution < 1.29 is 14.3 Å². The number of aryl methyl sites for hydroxylation is 2. The van der Waals surface area contributed by atoms with Gasteiger partial charge in [0, 0.05) is 30.1 Å². The van der Waals surface area contributed by atoms with Crippen molar-refractivity contribution in [1.29, 1.82) is 0 Å². The van der Waals surface area contributed by atoms with Gasteiger partial charge in [0.15, 0.2) is 11.5 Å². The number of carbonyl (C=O) groups excluding carboxylic acids is 1. The number of nitrogens with two attached hydrogens (primary N) is 1. The molecule has 0 aliphatic carbocycles. The summed E-state index contributed by atoms with van der Waals surface area (Å²) < 4.78 is 13.8. The van der Waals surface area contributed by atoms with Gasteiger partial charge >= 0.3 is 0 Å². The fourth-order valence-electron chi connectivity index (χ4n) is 4.39. The van der Waals surface area contributed by atoms with E-state index in [1.807, 2.05) is 73.1 Å². The quantitative estimate of drug-likeness (QED) is 0.279. The number of methoxy groups -OCH3 is 1. The van der Waals surface area contributed by atoms with Crippen molar-refractivity contribution in [1.82, 2.24) is 19.5 Å². The van der Waals surface area contributed by atoms with Gasteiger partial charge in [0.25, 0.3) is 0 Å². The maximum absolute atomic E-state index is 11.7. The van der Waals surface area contributed by atoms with Crippen LogP contribution in [0.25, 0.3) is 33.4 Å². The van der Waals surface area contributed by atoms with Gasteiger partial charge in [-0.25, -0.2) is 15.0 Å². The summed E-state index contributed by atoms with van der Waals surface area (Å²) in [6.45, 7) is 5.43. The van der Waals surface area contributed by atoms with Crippen LogP contribution in [0.3, 0.4) is 0 Å². The lowest BCUT2D eigenvalue weighted by Crippen LogP contribution is -2.06. The fourth-order valence-corrected chi connectivity index (χ4v) is 4.39. The number of ether oxygens (including phenoxy) is 2. The van der Waals surface area contributed by atoms with E-state index in [-0.39, 0.29) is 5.91 Å². The number of benzene rings is 2. The zero-order chi connectivity index (χ0) is 26.8. The minimum Gasteiger partial charge on any atom is -0.493 e. The number of aromatic nitrogens is 4. The highest BCUT2D eigenvalue weighted by Crippen LogP contribution is 2.44. The number of fused-ring (bicyclic) bond motifs is 1. The number of rotatable bonds is 7. The van der Waals surface area contributed by atoms with Crippen LogP contribution in [0.5, 0.6) is 17.4 Å². The van der Waals surface area contributed by atoms with Crippen LogP contribution in [0.15, 0.2) is 79.8 Å². The molecule has 0 unspecified atom stereocenters. The van der Waals surface area contributed by atoms with Crippen molar-refractivity contribution in [2.24, 2.45) is 7.05 Å². The minimum absolute atomic E-state index is 0.276. The van der Waals surface area contributed by atoms with Gasteiger partial charge in [-0.15, -0.1) is 0 Å². The van der Waals surface area contributed by atoms with Gasteiger partial charge in [-0.1, -0.05) is 30.8 Å². The number of carbonyl (C=O) groups is 1. The normalized spacial score (nSPS) is 10.8. The zero-order valence-electron chi connectivity index (χ0n) is 21.2. The van der Waals surface area contributed by atoms with E-state index in [0.717, 1.165) is 33.3 Å². The third kappa shape index (κ3) is 4.41. The highest BCUT2D eigenvalue weighted by atomic mass is 16.5. The Hall–Kier alpha value is -5.18. The molecule has 9 nitrogen and oxygen atoms in total. The smallest absolute Gasteiger partial charge is 0.247 e. The topological polar surface area (TPSA) is 117 Å². The first-order valence-corrected chi connectivity index (χ1v) is 11.8. The summed E-state index contributed by atoms with van der Waals surface area (Å²) in [6.07, 6.45) is 4.36. The third-order valence-electron chi connectivity index (χ3n) is 6.23. The molecule has 190 valence electrons. The molecule has 3 N–H and O–H groups in total. The van der Waals surface area contributed by atoms with Crippen LogP contribution in [0.4, 0.5) is 11.5 Å². The number of nitrogens with zero attached hydrogens (tertiary/aromatic N) is 4. The van der Waals surface area contributed by atoms with Crippen LogP contribution in [0.2, 0.25) is 0 Å². The van der Waals surface area contributed by atoms with Crippen molar-refractivity contribution in [3.05, 3.63) is 85.3 Å². The maximum atomic E-state index is 11.7. The van der Waals surface area contributed by atoms with Crippen LogP contribution in [-0.4, -0.2) is 32.5 Å². The summed E-state index contributed by atoms with van der Waals surface area (Å²) in [5, 5.41) is 3.50. The molecule has 0 radical (unpaired) electrons. The molecule has 1 amide bonds. The molecule has 0 atom stereocenters. The summed E-state index contributed by atoms with van der Waals surface area (Å²) in [5.74, 6) is 1.66. The molecule has 38 heavy (non-hydrogen) atoms. The Balaban J connectivity index is 1.66. The third-order valence-corrected chi connectivity index (χ3v) is 6.23. The molecular weight excluding hydrogens is 480 g/mol. The van der Waals surface area contributed by atoms with E-state index >= 15 is 0 Å². The van der Waals surface area contributed by atoms with Gasteiger partial charge in [-0.05, 0) is 54.5 Å². The molecule has 0 bridgehead atoms. The first-order chi connectivity index (χ1) is 18.4. The van der Waals surface area contributed by atoms with Gasteiger partial charge in [-0.3, -0.25) is 4.79 Å². The van der Waals surface area contributed by atoms with E-state index < -0.39 is 0 Å². The van der Waals surface area contributed by atoms with Gasteiger partial charge in [-0.2, -0.15) is 0 Å². The van der Waals surface area contributed by atoms with Crippen LogP contribution in [-0.2, 0) is 11.8 Å². The summed E-state index contributed by atoms with van der Waals surface area (Å²) in [4.78, 5) is 24.8. The standard InChI is InChI=1S/C29H26N6O3/c1-5-23(36)34-20-11-8-18(9-12-20)26-24(25-27(30)32-16-33-28(25)35(26)3)19-10-13-21(22(15-19)37-4)38-29-17(2)7-6-14-31-29/h5-16H,1H2,2-4H3,(H,34,36)(H2,30,32,33). The number of nitrogens with one attached hydrogen (secondary N) is 1. The zero-order valence-corrected chi connectivity index (χ0v) is 21.2. The van der Waals surface area contributed by atoms with Crippen molar-refractivity contribution in [2.45, 2.75) is 6.92 Å². The first kappa shape index (κ1) is 24.5. The number of pyridine rings is 1. The van der Waals surface area contributed by atoms with Gasteiger partial charge in [0.05, 0.1) is 18.2 Å². The molecule has 0 saturated heterocycles. The molecule has 5 aromatic rings. The molecule has 5 rings (SSSR count). The van der Waals surface area contributed by atoms with E-state index in [1.165, 1.54) is 12.4 Å². The van der Waals surface area contributed by atoms with Crippen LogP contribution >= 0.6 is 0 Å². The lowest BCUT2D eigenvalue weighted by molar-refractivity contribution is -0.111. The van der Waals surface area contributed by atoms with E-state index in [2.05, 4.69) is 26.8 Å². The summed E-state index contributed by atoms with van der Waals surface area (Å²) in [6, 6.07) is 17.0. The Morgan fingerprint density at radius 3 is 2.53 bits per heavy atom. The molecule has 2 aromatic carbocycles. The molecule has 9 heteroatoms. The predicted octanol–water partition coefficient (Wildman–Crippen LogP) is 5.51. The Morgan fingerprint density at radius 2 is 1.82 bits per heavy atom. The molecule has 0 aliphatic heterocycles. The molecule has 0 aliphatic rings. The molecular formula is C29H26N6O3. The Bertz CT molecular complexity index is 1670. The van der Waals surface area contributed by atoms with Crippen LogP contribution < -0.4 is 20.5 Å². The molecule has 0 saturated carbocycles. The Morgan fingerprint density at radius 1 is 1.05 bits per heavy atom. The largest absolute Gasteiger partial charge is 0.493 e. The maximum Gasteiger partial charge on any atom is 0.247 e. The summed E-state index contributed by atoms with van der Waals surface area (Å²) >= 11 is 0. The number of hydrogen-bond donors (Lipinski definition) is 2. The lowest BCUT2D eigenvalue weighted by atomic mass is 9.98. The Kier molecular flexibility index (Phi) is 6.49. The Labute approximate surface area is 219 Å². The second-order valence-corrected chi connectivity index (χ2v) is 8.60. The van der Waals surface area contributed by atoms with Crippen molar-refractivity contribution >= 4 is 28.4 Å². The van der Waals surface area contributed by atoms with Gasteiger partial charge in [0.2, 0.25) is 11.8 Å². The number of hydrogen-bond acceptors (Lipinski definition) is 7. The SMILES string of the molecule is C=CC(=O)Nc1ccc(-c2c(-c3ccc(Oc4ncccc4C)c(OC)c3)c3c(N)ncnc3n2C)cc1. The van der Waals surface area contributed by atoms with Crippen molar-refractivity contribution in [2.75, 3.05) is 18.2 Å². The average Bonchev–Trinajstić information content (AvgIpc) is 3.24. The second kappa shape index (κ2) is 10.1. The van der Waals surface area contributed by atoms with Crippen LogP contribution in [0, 0.1) is 6.92 Å². The van der Waals surface area contributed by atoms with E-state index in [1.54, 1.807) is 13.3 Å². The molecule has 0 spiro atoms. The monoisotopic (exact) mass is 506 g/mol. The second-order valence-electron chi connectivity index (χ2n) is 8.60. The molecule has 0 fully saturated rings. The summed E-state index contributed by atoms with van der Waals surface area (Å²) in [7, 11) is 3.52. The molecule has 3 aromatic heterocycles. The summed E-state index contributed by atoms with van der Waals surface area (Å²) in [5.41, 5.74) is 12.1. The lowest BCUT2D eigenvalue weighted by Gasteiger charge is -2.14. The van der Waals surface area contributed by atoms with Crippen LogP contribution in [0.1, 0.15) is 5.56 Å². The number of anilines is 2. The first-order valence-electron chi connectivity index (χ1n) is 11.8. The van der Waals surface area contributed by atoms with Crippen molar-refractivity contribution in [3.63, 3.8) is 0 Å². The van der Waals surface area contributed by atoms with E-state index in [0.29, 0.717) is 34.5 Å². The highest BCUT2D eigenvalue weighted by molar-refractivity contribution is 6.08. The van der Waals surface area contributed by atoms with E-state index in [9.17, 15) is 4.79 Å². The number of nitrogen functional groups attached to an aromatic ring is 1. The predicted molar refractivity (Wildman–Crippen MR) is 148 cm³/mol. The van der Waals surface area contributed by atoms with Gasteiger partial charge in [0.1, 0.15) is 17.8 Å². The minimum atomic E-state index is -0.276. The number of amides is 1. The van der Waals surface area contributed by atoms with Crippen molar-refractivity contribution in [3.8, 4) is 39.8 Å². The van der Waals surface area contributed by atoms with Gasteiger partial charge < -0.3 is 25.1 Å². The average molecular weight is 507 g/mol. The highest BCUT2D eigenvalue weighted by Gasteiger charge is 2.23. The fraction of sp³-hybridized carbons (Fsp3) is 0.103. The van der Waals surface area contributed by atoms with E-state index in [4.69, 9.17) is 15.2 Å². The molecule has 3 heterocycles.